The summed E-state index contributed by atoms with van der Waals surface area (Å²) in [5.41, 5.74) is 2.83. The second-order valence-corrected chi connectivity index (χ2v) is 5.28. The van der Waals surface area contributed by atoms with Gasteiger partial charge in [0.15, 0.2) is 5.79 Å². The molecule has 1 aliphatic rings. The first-order chi connectivity index (χ1) is 10.6. The van der Waals surface area contributed by atoms with Crippen LogP contribution in [0.15, 0.2) is 18.3 Å². The van der Waals surface area contributed by atoms with E-state index in [4.69, 9.17) is 14.2 Å². The Balaban J connectivity index is 2.13. The number of aryl methyl sites for hydroxylation is 1. The molecule has 0 aromatic carbocycles. The molecule has 6 nitrogen and oxygen atoms in total. The molecule has 0 radical (unpaired) electrons. The van der Waals surface area contributed by atoms with Crippen LogP contribution in [0, 0.1) is 0 Å². The summed E-state index contributed by atoms with van der Waals surface area (Å²) in [6, 6.07) is 3.80. The van der Waals surface area contributed by atoms with E-state index in [0.29, 0.717) is 37.3 Å². The van der Waals surface area contributed by atoms with Gasteiger partial charge in [-0.3, -0.25) is 0 Å². The van der Waals surface area contributed by atoms with Crippen molar-refractivity contribution in [2.45, 2.75) is 33.0 Å². The zero-order chi connectivity index (χ0) is 15.7. The summed E-state index contributed by atoms with van der Waals surface area (Å²) in [6.07, 6.45) is 2.48. The highest BCUT2D eigenvalue weighted by Crippen LogP contribution is 2.32. The van der Waals surface area contributed by atoms with Gasteiger partial charge in [-0.15, -0.1) is 0 Å². The molecule has 0 saturated carbocycles. The Hall–Kier alpha value is -1.92. The van der Waals surface area contributed by atoms with Crippen molar-refractivity contribution in [2.75, 3.05) is 19.8 Å². The van der Waals surface area contributed by atoms with Gasteiger partial charge < -0.3 is 14.2 Å². The highest BCUT2D eigenvalue weighted by atomic mass is 16.7. The molecule has 0 aliphatic carbocycles. The molecule has 1 fully saturated rings. The Bertz CT molecular complexity index is 701. The molecule has 0 amide bonds. The quantitative estimate of drug-likeness (QED) is 0.811. The molecule has 0 spiro atoms. The van der Waals surface area contributed by atoms with E-state index in [0.717, 1.165) is 11.3 Å². The molecule has 2 aromatic rings. The molecular formula is C16H20N2O4. The maximum absolute atomic E-state index is 12.3. The number of rotatable bonds is 4. The molecule has 3 rings (SSSR count). The number of esters is 1. The molecule has 1 aliphatic heterocycles. The second kappa shape index (κ2) is 5.70. The van der Waals surface area contributed by atoms with Crippen molar-refractivity contribution in [3.05, 3.63) is 35.2 Å². The van der Waals surface area contributed by atoms with Crippen molar-refractivity contribution in [1.29, 1.82) is 0 Å². The molecule has 118 valence electrons. The largest absolute Gasteiger partial charge is 0.462 e. The molecule has 0 N–H and O–H groups in total. The van der Waals surface area contributed by atoms with E-state index in [1.54, 1.807) is 11.4 Å². The van der Waals surface area contributed by atoms with Gasteiger partial charge in [0, 0.05) is 11.8 Å². The van der Waals surface area contributed by atoms with Crippen molar-refractivity contribution in [1.82, 2.24) is 9.61 Å². The van der Waals surface area contributed by atoms with Gasteiger partial charge in [0.1, 0.15) is 5.56 Å². The van der Waals surface area contributed by atoms with Crippen molar-refractivity contribution in [3.8, 4) is 0 Å². The third kappa shape index (κ3) is 2.38. The van der Waals surface area contributed by atoms with E-state index in [9.17, 15) is 4.79 Å². The first kappa shape index (κ1) is 15.0. The Morgan fingerprint density at radius 3 is 2.77 bits per heavy atom. The number of fused-ring (bicyclic) bond motifs is 1. The average molecular weight is 304 g/mol. The van der Waals surface area contributed by atoms with Crippen molar-refractivity contribution < 1.29 is 19.0 Å². The van der Waals surface area contributed by atoms with Gasteiger partial charge in [-0.05, 0) is 32.4 Å². The second-order valence-electron chi connectivity index (χ2n) is 5.28. The number of pyridine rings is 1. The number of hydrogen-bond acceptors (Lipinski definition) is 5. The lowest BCUT2D eigenvalue weighted by Crippen LogP contribution is -2.22. The highest BCUT2D eigenvalue weighted by molar-refractivity contribution is 5.98. The van der Waals surface area contributed by atoms with Crippen LogP contribution in [0.25, 0.3) is 5.52 Å². The van der Waals surface area contributed by atoms with Gasteiger partial charge in [-0.1, -0.05) is 6.92 Å². The average Bonchev–Trinajstić information content (AvgIpc) is 3.10. The van der Waals surface area contributed by atoms with Gasteiger partial charge in [-0.2, -0.15) is 5.10 Å². The van der Waals surface area contributed by atoms with Gasteiger partial charge >= 0.3 is 5.97 Å². The topological polar surface area (TPSA) is 62.1 Å². The summed E-state index contributed by atoms with van der Waals surface area (Å²) in [4.78, 5) is 12.3. The lowest BCUT2D eigenvalue weighted by Gasteiger charge is -2.22. The molecule has 0 bridgehead atoms. The molecule has 2 aromatic heterocycles. The molecule has 0 atom stereocenters. The van der Waals surface area contributed by atoms with Crippen molar-refractivity contribution in [3.63, 3.8) is 0 Å². The molecule has 6 heteroatoms. The maximum atomic E-state index is 12.3. The minimum absolute atomic E-state index is 0.336. The molecule has 0 unspecified atom stereocenters. The number of nitrogens with zero attached hydrogens (tertiary/aromatic N) is 2. The van der Waals surface area contributed by atoms with Crippen LogP contribution < -0.4 is 0 Å². The first-order valence-electron chi connectivity index (χ1n) is 7.56. The monoisotopic (exact) mass is 304 g/mol. The Kier molecular flexibility index (Phi) is 3.88. The van der Waals surface area contributed by atoms with Crippen LogP contribution in [0.1, 0.15) is 42.4 Å². The lowest BCUT2D eigenvalue weighted by molar-refractivity contribution is -0.149. The van der Waals surface area contributed by atoms with Gasteiger partial charge in [0.25, 0.3) is 0 Å². The van der Waals surface area contributed by atoms with E-state index in [1.807, 2.05) is 32.2 Å². The summed E-state index contributed by atoms with van der Waals surface area (Å²) < 4.78 is 18.3. The highest BCUT2D eigenvalue weighted by Gasteiger charge is 2.34. The number of carbonyl (C=O) groups is 1. The molecular weight excluding hydrogens is 284 g/mol. The fraction of sp³-hybridized carbons (Fsp3) is 0.500. The standard InChI is InChI=1S/C16H20N2O4/c1-4-12-14(15(19)20-5-2)13-10-11(6-7-18(13)17-12)16(3)21-8-9-22-16/h6-7,10H,4-5,8-9H2,1-3H3. The van der Waals surface area contributed by atoms with Gasteiger partial charge in [0.05, 0.1) is 31.0 Å². The minimum atomic E-state index is -0.773. The summed E-state index contributed by atoms with van der Waals surface area (Å²) in [7, 11) is 0. The minimum Gasteiger partial charge on any atom is -0.462 e. The third-order valence-corrected chi connectivity index (χ3v) is 3.88. The zero-order valence-electron chi connectivity index (χ0n) is 13.1. The van der Waals surface area contributed by atoms with Crippen molar-refractivity contribution in [2.24, 2.45) is 0 Å². The Morgan fingerprint density at radius 1 is 1.41 bits per heavy atom. The summed E-state index contributed by atoms with van der Waals surface area (Å²) in [6.45, 7) is 7.10. The predicted molar refractivity (Wildman–Crippen MR) is 79.8 cm³/mol. The number of carbonyl (C=O) groups excluding carboxylic acids is 1. The van der Waals surface area contributed by atoms with Crippen LogP contribution in [0.5, 0.6) is 0 Å². The SMILES string of the molecule is CCOC(=O)c1c(CC)nn2ccc(C3(C)OCCO3)cc12. The normalized spacial score (nSPS) is 17.0. The summed E-state index contributed by atoms with van der Waals surface area (Å²) in [5.74, 6) is -1.12. The smallest absolute Gasteiger partial charge is 0.342 e. The van der Waals surface area contributed by atoms with E-state index in [2.05, 4.69) is 5.10 Å². The summed E-state index contributed by atoms with van der Waals surface area (Å²) in [5, 5.41) is 4.46. The van der Waals surface area contributed by atoms with Crippen LogP contribution in [-0.4, -0.2) is 35.4 Å². The summed E-state index contributed by atoms with van der Waals surface area (Å²) >= 11 is 0. The maximum Gasteiger partial charge on any atom is 0.342 e. The first-order valence-corrected chi connectivity index (χ1v) is 7.56. The lowest BCUT2D eigenvalue weighted by atomic mass is 10.1. The van der Waals surface area contributed by atoms with E-state index in [-0.39, 0.29) is 5.97 Å². The van der Waals surface area contributed by atoms with Gasteiger partial charge in [0.2, 0.25) is 0 Å². The van der Waals surface area contributed by atoms with Gasteiger partial charge in [-0.25, -0.2) is 9.31 Å². The van der Waals surface area contributed by atoms with Crippen LogP contribution in [-0.2, 0) is 26.4 Å². The van der Waals surface area contributed by atoms with Crippen molar-refractivity contribution >= 4 is 11.5 Å². The number of aromatic nitrogens is 2. The molecule has 22 heavy (non-hydrogen) atoms. The van der Waals surface area contributed by atoms with Crippen LogP contribution in [0.2, 0.25) is 0 Å². The van der Waals surface area contributed by atoms with E-state index in [1.165, 1.54) is 0 Å². The molecule has 1 saturated heterocycles. The number of hydrogen-bond donors (Lipinski definition) is 0. The fourth-order valence-corrected chi connectivity index (χ4v) is 2.73. The zero-order valence-corrected chi connectivity index (χ0v) is 13.1. The Morgan fingerprint density at radius 2 is 2.14 bits per heavy atom. The predicted octanol–water partition coefficient (Wildman–Crippen LogP) is 2.29. The van der Waals surface area contributed by atoms with Crippen LogP contribution >= 0.6 is 0 Å². The Labute approximate surface area is 129 Å². The molecule has 3 heterocycles. The fourth-order valence-electron chi connectivity index (χ4n) is 2.73. The number of ether oxygens (including phenoxy) is 3. The van der Waals surface area contributed by atoms with E-state index < -0.39 is 5.79 Å². The third-order valence-electron chi connectivity index (χ3n) is 3.88. The van der Waals surface area contributed by atoms with Crippen LogP contribution in [0.4, 0.5) is 0 Å². The van der Waals surface area contributed by atoms with E-state index >= 15 is 0 Å². The van der Waals surface area contributed by atoms with Crippen LogP contribution in [0.3, 0.4) is 0 Å².